The van der Waals surface area contributed by atoms with Crippen molar-refractivity contribution in [2.45, 2.75) is 19.2 Å². The number of halogens is 3. The summed E-state index contributed by atoms with van der Waals surface area (Å²) in [5.74, 6) is -0.683. The highest BCUT2D eigenvalue weighted by Crippen LogP contribution is 2.35. The lowest BCUT2D eigenvalue weighted by Crippen LogP contribution is -2.47. The van der Waals surface area contributed by atoms with E-state index in [1.165, 1.54) is 28.3 Å². The van der Waals surface area contributed by atoms with E-state index in [0.29, 0.717) is 11.4 Å². The summed E-state index contributed by atoms with van der Waals surface area (Å²) < 4.78 is 46.4. The molecule has 11 heteroatoms. The number of nitrogens with one attached hydrogen (secondary N) is 1. The maximum absolute atomic E-state index is 13.2. The van der Waals surface area contributed by atoms with Gasteiger partial charge in [-0.25, -0.2) is 9.67 Å². The zero-order valence-corrected chi connectivity index (χ0v) is 16.1. The van der Waals surface area contributed by atoms with Gasteiger partial charge in [0.25, 0.3) is 5.91 Å². The minimum absolute atomic E-state index is 0.118. The van der Waals surface area contributed by atoms with E-state index in [1.807, 2.05) is 0 Å². The number of anilines is 2. The normalized spacial score (nSPS) is 15.9. The van der Waals surface area contributed by atoms with Crippen molar-refractivity contribution in [2.24, 2.45) is 0 Å². The maximum Gasteiger partial charge on any atom is 0.416 e. The van der Waals surface area contributed by atoms with Crippen molar-refractivity contribution in [1.29, 1.82) is 0 Å². The lowest BCUT2D eigenvalue weighted by molar-refractivity contribution is -0.137. The summed E-state index contributed by atoms with van der Waals surface area (Å²) >= 11 is 0. The van der Waals surface area contributed by atoms with Crippen molar-refractivity contribution in [1.82, 2.24) is 14.8 Å². The molecule has 2 amide bonds. The maximum atomic E-state index is 13.2. The van der Waals surface area contributed by atoms with E-state index in [2.05, 4.69) is 15.4 Å². The standard InChI is InChI=1S/C20H16F3N5O3/c1-12-19(30)27(16-4-2-3-5-17(16)31-12)9-18(29)26-14-8-13(20(21,22)23)6-7-15(14)28-11-24-10-25-28/h2-8,10-12H,9H2,1H3,(H,26,29)/t12-/m0/s1. The molecular formula is C20H16F3N5O3. The molecular weight excluding hydrogens is 415 g/mol. The molecule has 0 bridgehead atoms. The van der Waals surface area contributed by atoms with E-state index in [1.54, 1.807) is 31.2 Å². The van der Waals surface area contributed by atoms with Crippen LogP contribution in [0.3, 0.4) is 0 Å². The first kappa shape index (κ1) is 20.4. The lowest BCUT2D eigenvalue weighted by Gasteiger charge is -2.32. The number of alkyl halides is 3. The number of fused-ring (bicyclic) bond motifs is 1. The largest absolute Gasteiger partial charge is 0.479 e. The van der Waals surface area contributed by atoms with Crippen LogP contribution >= 0.6 is 0 Å². The van der Waals surface area contributed by atoms with Crippen LogP contribution in [0.15, 0.2) is 55.1 Å². The third kappa shape index (κ3) is 4.06. The van der Waals surface area contributed by atoms with E-state index >= 15 is 0 Å². The Hall–Kier alpha value is -3.89. The number of carbonyl (C=O) groups excluding carboxylic acids is 2. The molecule has 8 nitrogen and oxygen atoms in total. The van der Waals surface area contributed by atoms with Gasteiger partial charge in [-0.2, -0.15) is 18.3 Å². The van der Waals surface area contributed by atoms with Crippen LogP contribution in [0.1, 0.15) is 12.5 Å². The van der Waals surface area contributed by atoms with Gasteiger partial charge in [-0.1, -0.05) is 12.1 Å². The van der Waals surface area contributed by atoms with Crippen molar-refractivity contribution >= 4 is 23.2 Å². The molecule has 1 aromatic heterocycles. The fraction of sp³-hybridized carbons (Fsp3) is 0.200. The van der Waals surface area contributed by atoms with Gasteiger partial charge in [-0.05, 0) is 37.3 Å². The van der Waals surface area contributed by atoms with Crippen LogP contribution in [0.4, 0.5) is 24.5 Å². The monoisotopic (exact) mass is 431 g/mol. The molecule has 4 rings (SSSR count). The molecule has 0 radical (unpaired) electrons. The van der Waals surface area contributed by atoms with Crippen LogP contribution in [-0.4, -0.2) is 39.2 Å². The number of nitrogens with zero attached hydrogens (tertiary/aromatic N) is 4. The van der Waals surface area contributed by atoms with E-state index in [9.17, 15) is 22.8 Å². The molecule has 0 spiro atoms. The summed E-state index contributed by atoms with van der Waals surface area (Å²) in [5, 5.41) is 6.37. The molecule has 1 aliphatic heterocycles. The van der Waals surface area contributed by atoms with Crippen LogP contribution in [0, 0.1) is 0 Å². The highest BCUT2D eigenvalue weighted by molar-refractivity contribution is 6.06. The van der Waals surface area contributed by atoms with Crippen LogP contribution in [0.2, 0.25) is 0 Å². The number of carbonyl (C=O) groups is 2. The zero-order valence-electron chi connectivity index (χ0n) is 16.1. The zero-order chi connectivity index (χ0) is 22.2. The summed E-state index contributed by atoms with van der Waals surface area (Å²) in [4.78, 5) is 30.3. The van der Waals surface area contributed by atoms with Gasteiger partial charge >= 0.3 is 6.18 Å². The molecule has 0 saturated heterocycles. The Balaban J connectivity index is 1.63. The smallest absolute Gasteiger partial charge is 0.416 e. The topological polar surface area (TPSA) is 89.3 Å². The average Bonchev–Trinajstić information content (AvgIpc) is 3.25. The number of benzene rings is 2. The second kappa shape index (κ2) is 7.74. The van der Waals surface area contributed by atoms with E-state index in [0.717, 1.165) is 12.1 Å². The van der Waals surface area contributed by atoms with Crippen LogP contribution in [0.25, 0.3) is 5.69 Å². The predicted molar refractivity (Wildman–Crippen MR) is 104 cm³/mol. The van der Waals surface area contributed by atoms with E-state index in [4.69, 9.17) is 4.74 Å². The van der Waals surface area contributed by atoms with Gasteiger partial charge < -0.3 is 10.1 Å². The molecule has 2 heterocycles. The summed E-state index contributed by atoms with van der Waals surface area (Å²) in [6, 6.07) is 9.59. The van der Waals surface area contributed by atoms with Gasteiger partial charge in [0.05, 0.1) is 22.6 Å². The van der Waals surface area contributed by atoms with Gasteiger partial charge in [0.2, 0.25) is 5.91 Å². The number of hydrogen-bond acceptors (Lipinski definition) is 5. The molecule has 1 N–H and O–H groups in total. The number of hydrogen-bond donors (Lipinski definition) is 1. The van der Waals surface area contributed by atoms with E-state index < -0.39 is 36.2 Å². The Bertz CT molecular complexity index is 1130. The van der Waals surface area contributed by atoms with Crippen molar-refractivity contribution in [3.05, 3.63) is 60.7 Å². The highest BCUT2D eigenvalue weighted by atomic mass is 19.4. The van der Waals surface area contributed by atoms with Crippen molar-refractivity contribution < 1.29 is 27.5 Å². The Labute approximate surface area is 174 Å². The second-order valence-corrected chi connectivity index (χ2v) is 6.77. The summed E-state index contributed by atoms with van der Waals surface area (Å²) in [6.45, 7) is 1.15. The molecule has 2 aromatic carbocycles. The minimum atomic E-state index is -4.60. The van der Waals surface area contributed by atoms with Crippen LogP contribution < -0.4 is 15.0 Å². The first-order valence-corrected chi connectivity index (χ1v) is 9.17. The van der Waals surface area contributed by atoms with Gasteiger partial charge in [-0.3, -0.25) is 14.5 Å². The predicted octanol–water partition coefficient (Wildman–Crippen LogP) is 3.04. The number of rotatable bonds is 4. The fourth-order valence-electron chi connectivity index (χ4n) is 3.20. The first-order chi connectivity index (χ1) is 14.7. The van der Waals surface area contributed by atoms with Gasteiger partial charge in [0.1, 0.15) is 24.9 Å². The number of amides is 2. The van der Waals surface area contributed by atoms with Crippen molar-refractivity contribution in [3.63, 3.8) is 0 Å². The summed E-state index contributed by atoms with van der Waals surface area (Å²) in [6.07, 6.45) is -2.90. The number of ether oxygens (including phenoxy) is 1. The highest BCUT2D eigenvalue weighted by Gasteiger charge is 2.34. The SMILES string of the molecule is C[C@@H]1Oc2ccccc2N(CC(=O)Nc2cc(C(F)(F)F)ccc2-n2cncn2)C1=O. The summed E-state index contributed by atoms with van der Waals surface area (Å²) in [5.41, 5.74) is -0.456. The Morgan fingerprint density at radius 3 is 2.68 bits per heavy atom. The van der Waals surface area contributed by atoms with Gasteiger partial charge in [0.15, 0.2) is 6.10 Å². The average molecular weight is 431 g/mol. The quantitative estimate of drug-likeness (QED) is 0.686. The molecule has 31 heavy (non-hydrogen) atoms. The van der Waals surface area contributed by atoms with Crippen LogP contribution in [0.5, 0.6) is 5.75 Å². The first-order valence-electron chi connectivity index (χ1n) is 9.17. The summed E-state index contributed by atoms with van der Waals surface area (Å²) in [7, 11) is 0. The number of aromatic nitrogens is 3. The molecule has 0 aliphatic carbocycles. The number of para-hydroxylation sites is 2. The third-order valence-corrected chi connectivity index (χ3v) is 4.64. The molecule has 1 aliphatic rings. The van der Waals surface area contributed by atoms with Gasteiger partial charge in [-0.15, -0.1) is 0 Å². The molecule has 0 unspecified atom stereocenters. The van der Waals surface area contributed by atoms with E-state index in [-0.39, 0.29) is 11.4 Å². The molecule has 1 atom stereocenters. The molecule has 3 aromatic rings. The van der Waals surface area contributed by atoms with Gasteiger partial charge in [0, 0.05) is 0 Å². The fourth-order valence-corrected chi connectivity index (χ4v) is 3.20. The van der Waals surface area contributed by atoms with Crippen LogP contribution in [-0.2, 0) is 15.8 Å². The second-order valence-electron chi connectivity index (χ2n) is 6.77. The lowest BCUT2D eigenvalue weighted by atomic mass is 10.1. The Kier molecular flexibility index (Phi) is 5.09. The Morgan fingerprint density at radius 1 is 1.19 bits per heavy atom. The molecule has 160 valence electrons. The third-order valence-electron chi connectivity index (χ3n) is 4.64. The minimum Gasteiger partial charge on any atom is -0.479 e. The van der Waals surface area contributed by atoms with Crippen molar-refractivity contribution in [3.8, 4) is 11.4 Å². The molecule has 0 fully saturated rings. The Morgan fingerprint density at radius 2 is 1.97 bits per heavy atom. The molecule has 0 saturated carbocycles. The van der Waals surface area contributed by atoms with Crippen molar-refractivity contribution in [2.75, 3.05) is 16.8 Å².